The van der Waals surface area contributed by atoms with Gasteiger partial charge in [-0.15, -0.1) is 0 Å². The molecule has 2 aliphatic heterocycles. The van der Waals surface area contributed by atoms with E-state index in [9.17, 15) is 14.0 Å². The average Bonchev–Trinajstić information content (AvgIpc) is 3.46. The number of rotatable bonds is 8. The number of amides is 1. The van der Waals surface area contributed by atoms with Gasteiger partial charge in [-0.1, -0.05) is 18.7 Å². The molecule has 0 spiro atoms. The molecule has 8 heteroatoms. The van der Waals surface area contributed by atoms with Gasteiger partial charge in [-0.25, -0.2) is 4.39 Å². The third-order valence-corrected chi connectivity index (χ3v) is 6.29. The van der Waals surface area contributed by atoms with E-state index in [-0.39, 0.29) is 28.4 Å². The maximum absolute atomic E-state index is 14.0. The van der Waals surface area contributed by atoms with Crippen LogP contribution in [-0.4, -0.2) is 43.3 Å². The molecule has 3 aromatic rings. The van der Waals surface area contributed by atoms with Crippen molar-refractivity contribution in [1.82, 2.24) is 4.90 Å². The highest BCUT2D eigenvalue weighted by Gasteiger charge is 2.44. The summed E-state index contributed by atoms with van der Waals surface area (Å²) in [6.07, 6.45) is 3.22. The number of halogens is 1. The van der Waals surface area contributed by atoms with Gasteiger partial charge in [0.25, 0.3) is 5.91 Å². The second kappa shape index (κ2) is 9.54. The van der Waals surface area contributed by atoms with Crippen LogP contribution in [0.2, 0.25) is 0 Å². The van der Waals surface area contributed by atoms with Crippen LogP contribution in [0, 0.1) is 5.82 Å². The highest BCUT2D eigenvalue weighted by atomic mass is 19.1. The largest absolute Gasteiger partial charge is 0.490 e. The van der Waals surface area contributed by atoms with Crippen molar-refractivity contribution in [1.29, 1.82) is 0 Å². The maximum atomic E-state index is 14.0. The Labute approximate surface area is 201 Å². The molecule has 1 saturated heterocycles. The van der Waals surface area contributed by atoms with Crippen molar-refractivity contribution >= 4 is 16.9 Å². The van der Waals surface area contributed by atoms with Gasteiger partial charge in [-0.05, 0) is 55.7 Å². The number of ether oxygens (including phenoxy) is 3. The summed E-state index contributed by atoms with van der Waals surface area (Å²) in [5.74, 6) is 0.0411. The predicted molar refractivity (Wildman–Crippen MR) is 128 cm³/mol. The lowest BCUT2D eigenvalue weighted by molar-refractivity contribution is 0.0486. The van der Waals surface area contributed by atoms with Crippen LogP contribution in [0.5, 0.6) is 11.5 Å². The van der Waals surface area contributed by atoms with Crippen LogP contribution in [-0.2, 0) is 4.74 Å². The Balaban J connectivity index is 1.67. The molecule has 2 aliphatic rings. The lowest BCUT2D eigenvalue weighted by Gasteiger charge is -2.28. The van der Waals surface area contributed by atoms with E-state index >= 15 is 0 Å². The van der Waals surface area contributed by atoms with Gasteiger partial charge in [0.2, 0.25) is 5.76 Å². The zero-order valence-electron chi connectivity index (χ0n) is 19.4. The quantitative estimate of drug-likeness (QED) is 0.439. The van der Waals surface area contributed by atoms with Crippen molar-refractivity contribution in [2.75, 3.05) is 26.4 Å². The van der Waals surface area contributed by atoms with E-state index in [4.69, 9.17) is 18.6 Å². The Morgan fingerprint density at radius 2 is 2.03 bits per heavy atom. The van der Waals surface area contributed by atoms with Crippen molar-refractivity contribution in [3.63, 3.8) is 0 Å². The fourth-order valence-corrected chi connectivity index (χ4v) is 4.77. The fraction of sp³-hybridized carbons (Fsp3) is 0.333. The van der Waals surface area contributed by atoms with Gasteiger partial charge in [0.15, 0.2) is 16.9 Å². The Morgan fingerprint density at radius 1 is 1.17 bits per heavy atom. The first-order valence-corrected chi connectivity index (χ1v) is 11.7. The number of hydrogen-bond donors (Lipinski definition) is 0. The van der Waals surface area contributed by atoms with Crippen LogP contribution < -0.4 is 14.9 Å². The van der Waals surface area contributed by atoms with Gasteiger partial charge >= 0.3 is 0 Å². The molecule has 3 heterocycles. The number of nitrogens with zero attached hydrogens (tertiary/aromatic N) is 1. The Bertz CT molecular complexity index is 1340. The fourth-order valence-electron chi connectivity index (χ4n) is 4.77. The third-order valence-electron chi connectivity index (χ3n) is 6.29. The Kier molecular flexibility index (Phi) is 6.30. The summed E-state index contributed by atoms with van der Waals surface area (Å²) in [7, 11) is 0. The van der Waals surface area contributed by atoms with Crippen molar-refractivity contribution in [2.24, 2.45) is 0 Å². The van der Waals surface area contributed by atoms with Gasteiger partial charge in [0, 0.05) is 13.2 Å². The lowest BCUT2D eigenvalue weighted by Crippen LogP contribution is -2.36. The topological polar surface area (TPSA) is 78.2 Å². The van der Waals surface area contributed by atoms with E-state index in [2.05, 4.69) is 6.58 Å². The molecule has 182 valence electrons. The Morgan fingerprint density at radius 3 is 2.77 bits per heavy atom. The minimum atomic E-state index is -0.738. The summed E-state index contributed by atoms with van der Waals surface area (Å²) in [5.41, 5.74) is 0.587. The lowest BCUT2D eigenvalue weighted by atomic mass is 9.97. The minimum absolute atomic E-state index is 0.0259. The predicted octanol–water partition coefficient (Wildman–Crippen LogP) is 4.62. The van der Waals surface area contributed by atoms with E-state index in [1.807, 2.05) is 6.92 Å². The van der Waals surface area contributed by atoms with Crippen LogP contribution in [0.4, 0.5) is 4.39 Å². The van der Waals surface area contributed by atoms with E-state index in [1.165, 1.54) is 12.1 Å². The van der Waals surface area contributed by atoms with Gasteiger partial charge in [-0.2, -0.15) is 0 Å². The van der Waals surface area contributed by atoms with E-state index < -0.39 is 23.2 Å². The van der Waals surface area contributed by atoms with Crippen LogP contribution in [0.1, 0.15) is 47.5 Å². The zero-order chi connectivity index (χ0) is 24.5. The average molecular weight is 480 g/mol. The highest BCUT2D eigenvalue weighted by Crippen LogP contribution is 2.41. The molecule has 1 fully saturated rings. The number of fused-ring (bicyclic) bond motifs is 2. The highest BCUT2D eigenvalue weighted by molar-refractivity contribution is 5.99. The van der Waals surface area contributed by atoms with E-state index in [0.717, 1.165) is 18.9 Å². The zero-order valence-corrected chi connectivity index (χ0v) is 19.4. The first-order valence-electron chi connectivity index (χ1n) is 11.7. The summed E-state index contributed by atoms with van der Waals surface area (Å²) >= 11 is 0. The molecule has 2 aromatic carbocycles. The van der Waals surface area contributed by atoms with Crippen LogP contribution in [0.15, 0.2) is 58.3 Å². The molecule has 0 radical (unpaired) electrons. The molecule has 1 amide bonds. The summed E-state index contributed by atoms with van der Waals surface area (Å²) in [5, 5.41) is 0.0940. The van der Waals surface area contributed by atoms with Crippen molar-refractivity contribution < 1.29 is 27.8 Å². The molecule has 0 N–H and O–H groups in total. The molecular formula is C27H26FNO6. The minimum Gasteiger partial charge on any atom is -0.490 e. The van der Waals surface area contributed by atoms with Crippen molar-refractivity contribution in [3.05, 3.63) is 82.0 Å². The van der Waals surface area contributed by atoms with Gasteiger partial charge in [-0.3, -0.25) is 9.59 Å². The third kappa shape index (κ3) is 4.18. The van der Waals surface area contributed by atoms with Gasteiger partial charge in [0.05, 0.1) is 29.7 Å². The van der Waals surface area contributed by atoms with Gasteiger partial charge < -0.3 is 23.5 Å². The van der Waals surface area contributed by atoms with E-state index in [1.54, 1.807) is 29.2 Å². The first-order chi connectivity index (χ1) is 17.0. The molecule has 0 saturated carbocycles. The smallest absolute Gasteiger partial charge is 0.291 e. The monoisotopic (exact) mass is 479 g/mol. The number of hydrogen-bond acceptors (Lipinski definition) is 6. The molecule has 2 atom stereocenters. The van der Waals surface area contributed by atoms with Crippen LogP contribution >= 0.6 is 0 Å². The SMILES string of the molecule is C=CCOc1ccc(C2c3c(oc4ccc(F)cc4c3=O)C(=O)N2CC2CCCO2)cc1OCC. The first kappa shape index (κ1) is 23.1. The van der Waals surface area contributed by atoms with E-state index in [0.29, 0.717) is 43.4 Å². The number of carbonyl (C=O) groups is 1. The summed E-state index contributed by atoms with van der Waals surface area (Å²) in [6.45, 7) is 7.17. The molecular weight excluding hydrogens is 453 g/mol. The number of carbonyl (C=O) groups excluding carboxylic acids is 1. The van der Waals surface area contributed by atoms with Crippen molar-refractivity contribution in [3.8, 4) is 11.5 Å². The molecule has 0 aliphatic carbocycles. The second-order valence-corrected chi connectivity index (χ2v) is 8.55. The molecule has 0 bridgehead atoms. The summed E-state index contributed by atoms with van der Waals surface area (Å²) < 4.78 is 37.2. The summed E-state index contributed by atoms with van der Waals surface area (Å²) in [4.78, 5) is 28.8. The molecule has 2 unspecified atom stereocenters. The van der Waals surface area contributed by atoms with Crippen LogP contribution in [0.3, 0.4) is 0 Å². The number of benzene rings is 2. The second-order valence-electron chi connectivity index (χ2n) is 8.55. The van der Waals surface area contributed by atoms with Crippen LogP contribution in [0.25, 0.3) is 11.0 Å². The molecule has 7 nitrogen and oxygen atoms in total. The van der Waals surface area contributed by atoms with Crippen molar-refractivity contribution in [2.45, 2.75) is 31.9 Å². The normalized spacial score (nSPS) is 19.3. The standard InChI is InChI=1S/C27H26FNO6/c1-3-11-34-21-9-7-16(13-22(21)32-4-2)24-23-25(30)19-14-17(28)8-10-20(19)35-26(23)27(31)29(24)15-18-6-5-12-33-18/h3,7-10,13-14,18,24H,1,4-6,11-12,15H2,2H3. The maximum Gasteiger partial charge on any atom is 0.291 e. The molecule has 5 rings (SSSR count). The summed E-state index contributed by atoms with van der Waals surface area (Å²) in [6, 6.07) is 8.30. The van der Waals surface area contributed by atoms with Gasteiger partial charge in [0.1, 0.15) is 18.0 Å². The Hall–Kier alpha value is -3.65. The molecule has 35 heavy (non-hydrogen) atoms. The molecule has 1 aromatic heterocycles.